The fourth-order valence-corrected chi connectivity index (χ4v) is 5.96. The third kappa shape index (κ3) is 5.09. The minimum Gasteiger partial charge on any atom is -0.353 e. The molecular formula is C33H29FN6O. The Hall–Kier alpha value is -4.85. The number of halogens is 1. The number of hydrogen-bond donors (Lipinski definition) is 3. The maximum absolute atomic E-state index is 13.5. The maximum atomic E-state index is 13.5. The number of carbonyl (C=O) groups is 1. The molecule has 1 aliphatic rings. The molecule has 4 aromatic heterocycles. The zero-order valence-electron chi connectivity index (χ0n) is 22.5. The highest BCUT2D eigenvalue weighted by Crippen LogP contribution is 2.35. The van der Waals surface area contributed by atoms with Gasteiger partial charge in [0.15, 0.2) is 5.65 Å². The number of benzene rings is 2. The van der Waals surface area contributed by atoms with Crippen molar-refractivity contribution in [1.29, 1.82) is 0 Å². The number of hydrogen-bond acceptors (Lipinski definition) is 4. The second-order valence-electron chi connectivity index (χ2n) is 10.9. The van der Waals surface area contributed by atoms with Crippen LogP contribution in [0.4, 0.5) is 10.1 Å². The van der Waals surface area contributed by atoms with Crippen LogP contribution in [0.2, 0.25) is 0 Å². The Morgan fingerprint density at radius 3 is 2.59 bits per heavy atom. The number of H-pyrrole nitrogens is 2. The first-order valence-electron chi connectivity index (χ1n) is 14.1. The molecule has 1 aliphatic carbocycles. The Morgan fingerprint density at radius 2 is 1.73 bits per heavy atom. The van der Waals surface area contributed by atoms with Gasteiger partial charge in [0.05, 0.1) is 17.6 Å². The highest BCUT2D eigenvalue weighted by Gasteiger charge is 2.18. The third-order valence-corrected chi connectivity index (χ3v) is 8.05. The normalized spacial score (nSPS) is 14.1. The second kappa shape index (κ2) is 10.6. The summed E-state index contributed by atoms with van der Waals surface area (Å²) in [4.78, 5) is 25.2. The van der Waals surface area contributed by atoms with E-state index in [9.17, 15) is 9.18 Å². The van der Waals surface area contributed by atoms with Crippen molar-refractivity contribution in [1.82, 2.24) is 25.1 Å². The summed E-state index contributed by atoms with van der Waals surface area (Å²) >= 11 is 0. The number of carbonyl (C=O) groups excluding carboxylic acids is 1. The second-order valence-corrected chi connectivity index (χ2v) is 10.9. The number of pyridine rings is 2. The number of anilines is 1. The van der Waals surface area contributed by atoms with Crippen LogP contribution in [0.15, 0.2) is 79.3 Å². The first-order chi connectivity index (χ1) is 20.1. The predicted molar refractivity (Wildman–Crippen MR) is 160 cm³/mol. The number of amides is 1. The van der Waals surface area contributed by atoms with Gasteiger partial charge in [-0.15, -0.1) is 0 Å². The number of nitrogens with one attached hydrogen (secondary N) is 3. The summed E-state index contributed by atoms with van der Waals surface area (Å²) in [5, 5.41) is 12.6. The third-order valence-electron chi connectivity index (χ3n) is 8.05. The molecule has 0 aliphatic heterocycles. The molecule has 41 heavy (non-hydrogen) atoms. The number of rotatable bonds is 6. The van der Waals surface area contributed by atoms with Crippen molar-refractivity contribution in [2.45, 2.75) is 38.5 Å². The fraction of sp³-hybridized carbons (Fsp3) is 0.212. The van der Waals surface area contributed by atoms with Crippen molar-refractivity contribution >= 4 is 33.5 Å². The van der Waals surface area contributed by atoms with Crippen LogP contribution in [-0.4, -0.2) is 31.1 Å². The number of aromatic amines is 2. The zero-order valence-corrected chi connectivity index (χ0v) is 22.5. The van der Waals surface area contributed by atoms with Crippen LogP contribution < -0.4 is 5.32 Å². The molecule has 0 bridgehead atoms. The van der Waals surface area contributed by atoms with Crippen LogP contribution in [-0.2, 0) is 4.79 Å². The summed E-state index contributed by atoms with van der Waals surface area (Å²) in [5.74, 6) is 0.257. The van der Waals surface area contributed by atoms with Gasteiger partial charge < -0.3 is 10.3 Å². The Kier molecular flexibility index (Phi) is 6.51. The van der Waals surface area contributed by atoms with Crippen molar-refractivity contribution in [2.75, 3.05) is 5.32 Å². The molecule has 6 aromatic rings. The Bertz CT molecular complexity index is 1870. The van der Waals surface area contributed by atoms with E-state index in [1.807, 2.05) is 30.3 Å². The van der Waals surface area contributed by atoms with Crippen LogP contribution >= 0.6 is 0 Å². The lowest BCUT2D eigenvalue weighted by Gasteiger charge is -2.20. The largest absolute Gasteiger partial charge is 0.353 e. The standard InChI is InChI=1S/C33H29FN6O/c34-24-11-9-21(10-12-24)26-7-4-8-29-27(26)16-30(38-29)32-28-15-23(18-36-33(28)40-39-32)22-14-25(19-35-17-22)37-31(41)13-20-5-2-1-3-6-20/h4,7-12,14-20,38H,1-3,5-6,13H2,(H,37,41)(H,36,39,40). The molecule has 0 unspecified atom stereocenters. The van der Waals surface area contributed by atoms with Crippen molar-refractivity contribution < 1.29 is 9.18 Å². The SMILES string of the molecule is O=C(CC1CCCCC1)Nc1cncc(-c2cnc3[nH]nc(-c4cc5c(-c6ccc(F)cc6)cccc5[nH]4)c3c2)c1. The monoisotopic (exact) mass is 544 g/mol. The molecular weight excluding hydrogens is 515 g/mol. The van der Waals surface area contributed by atoms with Gasteiger partial charge in [-0.1, -0.05) is 43.5 Å². The first-order valence-corrected chi connectivity index (χ1v) is 14.1. The summed E-state index contributed by atoms with van der Waals surface area (Å²) in [6.45, 7) is 0. The van der Waals surface area contributed by atoms with Gasteiger partial charge in [-0.2, -0.15) is 5.10 Å². The van der Waals surface area contributed by atoms with E-state index >= 15 is 0 Å². The zero-order chi connectivity index (χ0) is 27.8. The Morgan fingerprint density at radius 1 is 0.902 bits per heavy atom. The lowest BCUT2D eigenvalue weighted by molar-refractivity contribution is -0.117. The van der Waals surface area contributed by atoms with Gasteiger partial charge >= 0.3 is 0 Å². The Balaban J connectivity index is 1.19. The average molecular weight is 545 g/mol. The molecule has 204 valence electrons. The quantitative estimate of drug-likeness (QED) is 0.199. The van der Waals surface area contributed by atoms with Gasteiger partial charge in [-0.25, -0.2) is 9.37 Å². The highest BCUT2D eigenvalue weighted by molar-refractivity contribution is 6.01. The minimum atomic E-state index is -0.260. The van der Waals surface area contributed by atoms with E-state index in [-0.39, 0.29) is 11.7 Å². The molecule has 7 rings (SSSR count). The molecule has 0 spiro atoms. The number of fused-ring (bicyclic) bond motifs is 2. The molecule has 0 radical (unpaired) electrons. The summed E-state index contributed by atoms with van der Waals surface area (Å²) < 4.78 is 13.5. The first kappa shape index (κ1) is 25.1. The summed E-state index contributed by atoms with van der Waals surface area (Å²) in [6, 6.07) is 18.6. The molecule has 8 heteroatoms. The van der Waals surface area contributed by atoms with E-state index in [1.165, 1.54) is 31.4 Å². The molecule has 1 saturated carbocycles. The van der Waals surface area contributed by atoms with E-state index in [2.05, 4.69) is 36.5 Å². The smallest absolute Gasteiger partial charge is 0.224 e. The summed E-state index contributed by atoms with van der Waals surface area (Å²) in [7, 11) is 0. The van der Waals surface area contributed by atoms with Gasteiger partial charge in [0.25, 0.3) is 0 Å². The van der Waals surface area contributed by atoms with Gasteiger partial charge in [0, 0.05) is 46.2 Å². The van der Waals surface area contributed by atoms with Crippen LogP contribution in [0, 0.1) is 11.7 Å². The van der Waals surface area contributed by atoms with E-state index in [4.69, 9.17) is 0 Å². The van der Waals surface area contributed by atoms with Gasteiger partial charge in [0.2, 0.25) is 5.91 Å². The van der Waals surface area contributed by atoms with E-state index < -0.39 is 0 Å². The van der Waals surface area contributed by atoms with E-state index in [0.717, 1.165) is 62.8 Å². The predicted octanol–water partition coefficient (Wildman–Crippen LogP) is 7.88. The van der Waals surface area contributed by atoms with Crippen molar-refractivity contribution in [3.63, 3.8) is 0 Å². The van der Waals surface area contributed by atoms with Crippen LogP contribution in [0.1, 0.15) is 38.5 Å². The van der Waals surface area contributed by atoms with Crippen LogP contribution in [0.5, 0.6) is 0 Å². The maximum Gasteiger partial charge on any atom is 0.224 e. The molecule has 4 heterocycles. The molecule has 1 fully saturated rings. The molecule has 3 N–H and O–H groups in total. The molecule has 0 saturated heterocycles. The Labute approximate surface area is 236 Å². The van der Waals surface area contributed by atoms with Crippen LogP contribution in [0.25, 0.3) is 55.6 Å². The van der Waals surface area contributed by atoms with Gasteiger partial charge in [-0.05, 0) is 66.3 Å². The van der Waals surface area contributed by atoms with Gasteiger partial charge in [0.1, 0.15) is 11.5 Å². The minimum absolute atomic E-state index is 0.0420. The van der Waals surface area contributed by atoms with Gasteiger partial charge in [-0.3, -0.25) is 14.9 Å². The van der Waals surface area contributed by atoms with E-state index in [0.29, 0.717) is 23.7 Å². The van der Waals surface area contributed by atoms with Crippen LogP contribution in [0.3, 0.4) is 0 Å². The highest BCUT2D eigenvalue weighted by atomic mass is 19.1. The molecule has 2 aromatic carbocycles. The molecule has 1 amide bonds. The van der Waals surface area contributed by atoms with E-state index in [1.54, 1.807) is 30.7 Å². The van der Waals surface area contributed by atoms with Crippen molar-refractivity contribution in [3.05, 3.63) is 85.1 Å². The molecule has 0 atom stereocenters. The fourth-order valence-electron chi connectivity index (χ4n) is 5.96. The number of aromatic nitrogens is 5. The lowest BCUT2D eigenvalue weighted by Crippen LogP contribution is -2.18. The topological polar surface area (TPSA) is 99.3 Å². The summed E-state index contributed by atoms with van der Waals surface area (Å²) in [6.07, 6.45) is 11.8. The average Bonchev–Trinajstić information content (AvgIpc) is 3.62. The number of nitrogens with zero attached hydrogens (tertiary/aromatic N) is 3. The summed E-state index contributed by atoms with van der Waals surface area (Å²) in [5.41, 5.74) is 7.60. The molecule has 7 nitrogen and oxygen atoms in total. The van der Waals surface area contributed by atoms with Crippen molar-refractivity contribution in [2.24, 2.45) is 5.92 Å². The lowest BCUT2D eigenvalue weighted by atomic mass is 9.87. The van der Waals surface area contributed by atoms with Crippen molar-refractivity contribution in [3.8, 4) is 33.6 Å².